The fourth-order valence-electron chi connectivity index (χ4n) is 2.49. The van der Waals surface area contributed by atoms with Crippen LogP contribution in [0.15, 0.2) is 0 Å². The molecule has 0 fully saturated rings. The van der Waals surface area contributed by atoms with Gasteiger partial charge in [0.2, 0.25) is 29.5 Å². The molecule has 0 saturated heterocycles. The number of nitrogens with one attached hydrogen (secondary N) is 3. The van der Waals surface area contributed by atoms with E-state index in [1.54, 1.807) is 13.8 Å². The highest BCUT2D eigenvalue weighted by molar-refractivity contribution is 5.96. The van der Waals surface area contributed by atoms with E-state index in [0.717, 1.165) is 0 Å². The van der Waals surface area contributed by atoms with E-state index in [1.807, 2.05) is 0 Å². The molecule has 13 nitrogen and oxygen atoms in total. The van der Waals surface area contributed by atoms with Crippen molar-refractivity contribution in [1.82, 2.24) is 16.0 Å². The molecule has 0 aromatic carbocycles. The van der Waals surface area contributed by atoms with Gasteiger partial charge in [-0.3, -0.25) is 24.0 Å². The SMILES string of the molecule is CC(C)CC(NC(=O)C(C)NC(=O)C(CC(N)=O)NC(=O)C(N)CCC(N)=O)C(=O)O. The highest BCUT2D eigenvalue weighted by Crippen LogP contribution is 2.05. The molecule has 0 radical (unpaired) electrons. The Bertz CT molecular complexity index is 697. The standard InChI is InChI=1S/C18H32N6O7/c1-8(2)6-12(18(30)31)24-15(27)9(3)22-17(29)11(7-14(21)26)23-16(28)10(19)4-5-13(20)25/h8-12H,4-7,19H2,1-3H3,(H2,20,25)(H2,21,26)(H,22,29)(H,23,28)(H,24,27)(H,30,31). The molecule has 0 aliphatic heterocycles. The summed E-state index contributed by atoms with van der Waals surface area (Å²) in [6.07, 6.45) is -0.609. The average molecular weight is 444 g/mol. The lowest BCUT2D eigenvalue weighted by Crippen LogP contribution is -2.57. The van der Waals surface area contributed by atoms with E-state index >= 15 is 0 Å². The van der Waals surface area contributed by atoms with Crippen molar-refractivity contribution in [2.75, 3.05) is 0 Å². The third kappa shape index (κ3) is 11.5. The molecular formula is C18H32N6O7. The van der Waals surface area contributed by atoms with Crippen LogP contribution in [0.25, 0.3) is 0 Å². The Morgan fingerprint density at radius 1 is 0.806 bits per heavy atom. The lowest BCUT2D eigenvalue weighted by molar-refractivity contribution is -0.142. The Morgan fingerprint density at radius 3 is 1.81 bits per heavy atom. The normalized spacial score (nSPS) is 14.6. The number of rotatable bonds is 14. The van der Waals surface area contributed by atoms with Crippen molar-refractivity contribution in [1.29, 1.82) is 0 Å². The first-order valence-electron chi connectivity index (χ1n) is 9.70. The number of hydrogen-bond acceptors (Lipinski definition) is 7. The number of carboxylic acids is 1. The van der Waals surface area contributed by atoms with Crippen molar-refractivity contribution in [2.24, 2.45) is 23.1 Å². The summed E-state index contributed by atoms with van der Waals surface area (Å²) in [6, 6.07) is -4.90. The quantitative estimate of drug-likeness (QED) is 0.146. The highest BCUT2D eigenvalue weighted by Gasteiger charge is 2.29. The largest absolute Gasteiger partial charge is 0.480 e. The van der Waals surface area contributed by atoms with Gasteiger partial charge in [-0.05, 0) is 25.7 Å². The molecule has 0 aromatic rings. The Labute approximate surface area is 179 Å². The molecule has 5 amide bonds. The van der Waals surface area contributed by atoms with Crippen LogP contribution >= 0.6 is 0 Å². The second-order valence-corrected chi connectivity index (χ2v) is 7.60. The maximum absolute atomic E-state index is 12.5. The minimum Gasteiger partial charge on any atom is -0.480 e. The summed E-state index contributed by atoms with van der Waals surface area (Å²) in [6.45, 7) is 4.89. The van der Waals surface area contributed by atoms with Crippen LogP contribution in [0.2, 0.25) is 0 Å². The summed E-state index contributed by atoms with van der Waals surface area (Å²) in [5.41, 5.74) is 15.7. The molecule has 0 aliphatic rings. The maximum atomic E-state index is 12.5. The molecule has 13 heteroatoms. The first kappa shape index (κ1) is 27.8. The Hall–Kier alpha value is -3.22. The fourth-order valence-corrected chi connectivity index (χ4v) is 2.49. The van der Waals surface area contributed by atoms with Crippen molar-refractivity contribution in [3.63, 3.8) is 0 Å². The van der Waals surface area contributed by atoms with Crippen LogP contribution < -0.4 is 33.2 Å². The van der Waals surface area contributed by atoms with Gasteiger partial charge in [0.25, 0.3) is 0 Å². The zero-order valence-electron chi connectivity index (χ0n) is 17.8. The Morgan fingerprint density at radius 2 is 1.35 bits per heavy atom. The zero-order chi connectivity index (χ0) is 24.3. The number of hydrogen-bond donors (Lipinski definition) is 7. The van der Waals surface area contributed by atoms with Crippen LogP contribution in [0.4, 0.5) is 0 Å². The predicted molar refractivity (Wildman–Crippen MR) is 109 cm³/mol. The van der Waals surface area contributed by atoms with Gasteiger partial charge in [-0.1, -0.05) is 13.8 Å². The van der Waals surface area contributed by atoms with Crippen molar-refractivity contribution < 1.29 is 33.9 Å². The summed E-state index contributed by atoms with van der Waals surface area (Å²) >= 11 is 0. The van der Waals surface area contributed by atoms with Crippen LogP contribution in [0, 0.1) is 5.92 Å². The topological polar surface area (TPSA) is 237 Å². The van der Waals surface area contributed by atoms with Gasteiger partial charge in [0.1, 0.15) is 18.1 Å². The molecule has 10 N–H and O–H groups in total. The van der Waals surface area contributed by atoms with Crippen molar-refractivity contribution in [2.45, 2.75) is 70.6 Å². The number of primary amides is 2. The van der Waals surface area contributed by atoms with E-state index in [1.165, 1.54) is 6.92 Å². The van der Waals surface area contributed by atoms with Crippen molar-refractivity contribution in [3.05, 3.63) is 0 Å². The molecule has 0 aromatic heterocycles. The van der Waals surface area contributed by atoms with Gasteiger partial charge in [0, 0.05) is 6.42 Å². The first-order valence-corrected chi connectivity index (χ1v) is 9.70. The number of carbonyl (C=O) groups is 6. The van der Waals surface area contributed by atoms with Gasteiger partial charge < -0.3 is 38.3 Å². The van der Waals surface area contributed by atoms with Crippen molar-refractivity contribution >= 4 is 35.5 Å². The second kappa shape index (κ2) is 13.2. The number of amides is 5. The second-order valence-electron chi connectivity index (χ2n) is 7.60. The molecule has 0 saturated carbocycles. The zero-order valence-corrected chi connectivity index (χ0v) is 17.8. The fraction of sp³-hybridized carbons (Fsp3) is 0.667. The lowest BCUT2D eigenvalue weighted by atomic mass is 10.0. The third-order valence-corrected chi connectivity index (χ3v) is 4.15. The lowest BCUT2D eigenvalue weighted by Gasteiger charge is -2.23. The average Bonchev–Trinajstić information content (AvgIpc) is 2.63. The molecule has 4 unspecified atom stereocenters. The van der Waals surface area contributed by atoms with Crippen LogP contribution in [0.5, 0.6) is 0 Å². The molecule has 176 valence electrons. The van der Waals surface area contributed by atoms with Gasteiger partial charge in [0.05, 0.1) is 12.5 Å². The minimum absolute atomic E-state index is 0.000213. The van der Waals surface area contributed by atoms with E-state index < -0.39 is 66.1 Å². The van der Waals surface area contributed by atoms with Crippen LogP contribution in [-0.4, -0.2) is 64.8 Å². The summed E-state index contributed by atoms with van der Waals surface area (Å²) in [5.74, 6) is -5.25. The van der Waals surface area contributed by atoms with E-state index in [0.29, 0.717) is 0 Å². The van der Waals surface area contributed by atoms with E-state index in [9.17, 15) is 33.9 Å². The summed E-state index contributed by atoms with van der Waals surface area (Å²) in [5, 5.41) is 16.1. The first-order chi connectivity index (χ1) is 14.2. The Kier molecular flexibility index (Phi) is 11.8. The molecule has 0 spiro atoms. The number of carboxylic acid groups (broad SMARTS) is 1. The molecule has 0 rings (SSSR count). The molecule has 0 aliphatic carbocycles. The van der Waals surface area contributed by atoms with Crippen LogP contribution in [0.1, 0.15) is 46.5 Å². The molecule has 31 heavy (non-hydrogen) atoms. The summed E-state index contributed by atoms with van der Waals surface area (Å²) in [4.78, 5) is 70.2. The minimum atomic E-state index is -1.43. The molecule has 0 bridgehead atoms. The van der Waals surface area contributed by atoms with Gasteiger partial charge in [0.15, 0.2) is 0 Å². The van der Waals surface area contributed by atoms with E-state index in [-0.39, 0.29) is 25.2 Å². The van der Waals surface area contributed by atoms with E-state index in [4.69, 9.17) is 17.2 Å². The monoisotopic (exact) mass is 444 g/mol. The highest BCUT2D eigenvalue weighted by atomic mass is 16.4. The molecular weight excluding hydrogens is 412 g/mol. The van der Waals surface area contributed by atoms with Gasteiger partial charge in [-0.2, -0.15) is 0 Å². The summed E-state index contributed by atoms with van der Waals surface area (Å²) in [7, 11) is 0. The van der Waals surface area contributed by atoms with Crippen LogP contribution in [-0.2, 0) is 28.8 Å². The number of nitrogens with two attached hydrogens (primary N) is 3. The van der Waals surface area contributed by atoms with Gasteiger partial charge >= 0.3 is 5.97 Å². The molecule has 4 atom stereocenters. The van der Waals surface area contributed by atoms with E-state index in [2.05, 4.69) is 16.0 Å². The number of aliphatic carboxylic acids is 1. The van der Waals surface area contributed by atoms with Gasteiger partial charge in [-0.25, -0.2) is 4.79 Å². The Balaban J connectivity index is 5.07. The smallest absolute Gasteiger partial charge is 0.326 e. The van der Waals surface area contributed by atoms with Gasteiger partial charge in [-0.15, -0.1) is 0 Å². The summed E-state index contributed by atoms with van der Waals surface area (Å²) < 4.78 is 0. The third-order valence-electron chi connectivity index (χ3n) is 4.15. The maximum Gasteiger partial charge on any atom is 0.326 e. The molecule has 0 heterocycles. The predicted octanol–water partition coefficient (Wildman–Crippen LogP) is -2.94. The van der Waals surface area contributed by atoms with Crippen molar-refractivity contribution in [3.8, 4) is 0 Å². The number of carbonyl (C=O) groups excluding carboxylic acids is 5. The van der Waals surface area contributed by atoms with Crippen LogP contribution in [0.3, 0.4) is 0 Å².